The summed E-state index contributed by atoms with van der Waals surface area (Å²) in [5.41, 5.74) is 0. The molecule has 6 N–H and O–H groups in total. The SMILES string of the molecule is [La+3].[Nd+3].[OH-].[OH-].[OH-].[OH-].[OH-].[OH-]. The second kappa shape index (κ2) is 121. The van der Waals surface area contributed by atoms with Crippen LogP contribution in [0.4, 0.5) is 0 Å². The van der Waals surface area contributed by atoms with E-state index in [2.05, 4.69) is 0 Å². The Bertz CT molecular complexity index is 8.49. The molecule has 0 aromatic rings. The second-order valence-corrected chi connectivity index (χ2v) is 0. The summed E-state index contributed by atoms with van der Waals surface area (Å²) in [7, 11) is 0. The van der Waals surface area contributed by atoms with E-state index in [-0.39, 0.29) is 109 Å². The van der Waals surface area contributed by atoms with E-state index in [1.54, 1.807) is 0 Å². The molecule has 0 amide bonds. The first-order chi connectivity index (χ1) is 0. The van der Waals surface area contributed by atoms with Gasteiger partial charge in [0.25, 0.3) is 0 Å². The summed E-state index contributed by atoms with van der Waals surface area (Å²) in [5.74, 6) is 0. The van der Waals surface area contributed by atoms with Crippen LogP contribution in [0.15, 0.2) is 0 Å². The van der Waals surface area contributed by atoms with Gasteiger partial charge in [0, 0.05) is 0 Å². The number of hydrogen-bond donors (Lipinski definition) is 0. The van der Waals surface area contributed by atoms with Crippen LogP contribution in [0, 0.1) is 76.4 Å². The predicted molar refractivity (Wildman–Crippen MR) is 11.6 cm³/mol. The molecule has 0 rings (SSSR count). The molecule has 0 aliphatic carbocycles. The molecule has 0 saturated carbocycles. The van der Waals surface area contributed by atoms with E-state index in [0.717, 1.165) is 0 Å². The van der Waals surface area contributed by atoms with Crippen LogP contribution < -0.4 is 0 Å². The van der Waals surface area contributed by atoms with Crippen LogP contribution in [0.25, 0.3) is 0 Å². The van der Waals surface area contributed by atoms with Crippen molar-refractivity contribution in [3.8, 4) is 0 Å². The van der Waals surface area contributed by atoms with Crippen molar-refractivity contribution in [2.75, 3.05) is 0 Å². The zero-order valence-electron chi connectivity index (χ0n) is 3.76. The van der Waals surface area contributed by atoms with Crippen LogP contribution in [-0.4, -0.2) is 32.9 Å². The predicted octanol–water partition coefficient (Wildman–Crippen LogP) is -1.06. The van der Waals surface area contributed by atoms with Gasteiger partial charge in [0.15, 0.2) is 0 Å². The Labute approximate surface area is 107 Å². The third-order valence-corrected chi connectivity index (χ3v) is 0. The van der Waals surface area contributed by atoms with Gasteiger partial charge in [-0.2, -0.15) is 0 Å². The molecule has 8 heavy (non-hydrogen) atoms. The minimum Gasteiger partial charge on any atom is -0.870 e. The van der Waals surface area contributed by atoms with Gasteiger partial charge in [0.1, 0.15) is 0 Å². The van der Waals surface area contributed by atoms with Crippen molar-refractivity contribution in [2.45, 2.75) is 0 Å². The summed E-state index contributed by atoms with van der Waals surface area (Å²) in [5, 5.41) is 0. The van der Waals surface area contributed by atoms with Gasteiger partial charge in [0.2, 0.25) is 0 Å². The first-order valence-corrected chi connectivity index (χ1v) is 0. The minimum absolute atomic E-state index is 0. The van der Waals surface area contributed by atoms with E-state index in [9.17, 15) is 0 Å². The van der Waals surface area contributed by atoms with Gasteiger partial charge in [-0.1, -0.05) is 0 Å². The fourth-order valence-corrected chi connectivity index (χ4v) is 0. The quantitative estimate of drug-likeness (QED) is 0.512. The molecule has 0 aliphatic rings. The Morgan fingerprint density at radius 2 is 0.375 bits per heavy atom. The molecule has 0 heterocycles. The molecule has 0 atom stereocenters. The molecule has 0 fully saturated rings. The minimum atomic E-state index is 0. The van der Waals surface area contributed by atoms with E-state index in [0.29, 0.717) is 0 Å². The molecule has 0 saturated heterocycles. The summed E-state index contributed by atoms with van der Waals surface area (Å²) in [6.45, 7) is 0. The molecule has 0 aromatic carbocycles. The van der Waals surface area contributed by atoms with E-state index in [4.69, 9.17) is 0 Å². The summed E-state index contributed by atoms with van der Waals surface area (Å²) in [6, 6.07) is 0. The Kier molecular flexibility index (Phi) is 2530. The Balaban J connectivity index is 0. The largest absolute Gasteiger partial charge is 3.00 e. The smallest absolute Gasteiger partial charge is 0.870 e. The molecule has 1 radical (unpaired) electrons. The summed E-state index contributed by atoms with van der Waals surface area (Å²) in [4.78, 5) is 0. The van der Waals surface area contributed by atoms with Crippen molar-refractivity contribution in [1.82, 2.24) is 0 Å². The summed E-state index contributed by atoms with van der Waals surface area (Å²) < 4.78 is 0. The Morgan fingerprint density at radius 1 is 0.375 bits per heavy atom. The molecule has 49 valence electrons. The van der Waals surface area contributed by atoms with E-state index >= 15 is 0 Å². The molecule has 0 bridgehead atoms. The van der Waals surface area contributed by atoms with Gasteiger partial charge < -0.3 is 32.9 Å². The van der Waals surface area contributed by atoms with Crippen molar-refractivity contribution in [3.63, 3.8) is 0 Å². The van der Waals surface area contributed by atoms with Gasteiger partial charge in [-0.3, -0.25) is 0 Å². The van der Waals surface area contributed by atoms with E-state index in [1.807, 2.05) is 0 Å². The Hall–Kier alpha value is 2.31. The molecule has 0 aliphatic heterocycles. The van der Waals surface area contributed by atoms with Gasteiger partial charge >= 0.3 is 76.4 Å². The molecule has 0 spiro atoms. The van der Waals surface area contributed by atoms with Gasteiger partial charge in [-0.25, -0.2) is 0 Å². The van der Waals surface area contributed by atoms with Crippen LogP contribution >= 0.6 is 0 Å². The normalized spacial score (nSPS) is 0. The van der Waals surface area contributed by atoms with Crippen molar-refractivity contribution >= 4 is 0 Å². The zero-order valence-corrected chi connectivity index (χ0v) is 10.6. The number of rotatable bonds is 0. The fourth-order valence-electron chi connectivity index (χ4n) is 0. The fraction of sp³-hybridized carbons (Fsp3) is 0. The van der Waals surface area contributed by atoms with Crippen LogP contribution in [0.5, 0.6) is 0 Å². The van der Waals surface area contributed by atoms with Crippen molar-refractivity contribution in [2.24, 2.45) is 0 Å². The molecular weight excluding hydrogens is 379 g/mol. The van der Waals surface area contributed by atoms with Gasteiger partial charge in [-0.15, -0.1) is 0 Å². The second-order valence-electron chi connectivity index (χ2n) is 0. The van der Waals surface area contributed by atoms with Crippen molar-refractivity contribution in [1.29, 1.82) is 0 Å². The maximum Gasteiger partial charge on any atom is 3.00 e. The third kappa shape index (κ3) is 83.4. The Morgan fingerprint density at radius 3 is 0.375 bits per heavy atom. The van der Waals surface area contributed by atoms with E-state index < -0.39 is 0 Å². The average Bonchev–Trinajstić information content (AvgIpc) is 0. The maximum absolute atomic E-state index is 0. The third-order valence-electron chi connectivity index (χ3n) is 0. The van der Waals surface area contributed by atoms with Gasteiger partial charge in [0.05, 0.1) is 0 Å². The van der Waals surface area contributed by atoms with Gasteiger partial charge in [-0.05, 0) is 0 Å². The van der Waals surface area contributed by atoms with E-state index in [1.165, 1.54) is 0 Å². The molecule has 8 heteroatoms. The van der Waals surface area contributed by atoms with Crippen molar-refractivity contribution < 1.29 is 109 Å². The first-order valence-electron chi connectivity index (χ1n) is 0. The van der Waals surface area contributed by atoms with Crippen LogP contribution in [0.1, 0.15) is 0 Å². The average molecular weight is 385 g/mol. The zero-order chi connectivity index (χ0) is 0. The monoisotopic (exact) mass is 383 g/mol. The molecule has 0 aromatic heterocycles. The molecule has 6 nitrogen and oxygen atoms in total. The van der Waals surface area contributed by atoms with Crippen LogP contribution in [0.3, 0.4) is 0 Å². The summed E-state index contributed by atoms with van der Waals surface area (Å²) >= 11 is 0. The summed E-state index contributed by atoms with van der Waals surface area (Å²) in [6.07, 6.45) is 0. The molecular formula is H6LaNdO6. The standard InChI is InChI=1S/La.Nd.6H2O/h;;6*1H2/q2*+3;;;;;;/p-6. The van der Waals surface area contributed by atoms with Crippen molar-refractivity contribution in [3.05, 3.63) is 0 Å². The molecule has 0 unspecified atom stereocenters. The topological polar surface area (TPSA) is 180 Å². The van der Waals surface area contributed by atoms with Crippen LogP contribution in [-0.2, 0) is 0 Å². The first kappa shape index (κ1) is 168. The number of hydrogen-bond acceptors (Lipinski definition) is 6. The maximum atomic E-state index is 0. The van der Waals surface area contributed by atoms with Crippen LogP contribution in [0.2, 0.25) is 0 Å².